The van der Waals surface area contributed by atoms with Crippen molar-refractivity contribution < 1.29 is 19.4 Å². The number of carbonyl (C=O) groups is 2. The highest BCUT2D eigenvalue weighted by Gasteiger charge is 2.46. The van der Waals surface area contributed by atoms with Crippen LogP contribution in [0.4, 0.5) is 0 Å². The average Bonchev–Trinajstić information content (AvgIpc) is 2.47. The van der Waals surface area contributed by atoms with Crippen LogP contribution in [-0.4, -0.2) is 23.7 Å². The van der Waals surface area contributed by atoms with Crippen molar-refractivity contribution in [1.29, 1.82) is 0 Å². The van der Waals surface area contributed by atoms with Gasteiger partial charge in [0.1, 0.15) is 0 Å². The van der Waals surface area contributed by atoms with E-state index in [9.17, 15) is 14.7 Å². The van der Waals surface area contributed by atoms with Crippen LogP contribution >= 0.6 is 0 Å². The topological polar surface area (TPSA) is 63.6 Å². The molecule has 0 aliphatic heterocycles. The maximum atomic E-state index is 12.2. The highest BCUT2D eigenvalue weighted by molar-refractivity contribution is 5.99. The second-order valence-electron chi connectivity index (χ2n) is 5.20. The van der Waals surface area contributed by atoms with E-state index in [-0.39, 0.29) is 19.4 Å². The van der Waals surface area contributed by atoms with Crippen LogP contribution in [0.1, 0.15) is 44.7 Å². The Morgan fingerprint density at radius 3 is 2.10 bits per heavy atom. The molecule has 4 nitrogen and oxygen atoms in total. The molecular formula is C17H24O4. The minimum atomic E-state index is -1.49. The van der Waals surface area contributed by atoms with Crippen molar-refractivity contribution in [2.45, 2.75) is 46.5 Å². The Balaban J connectivity index is 3.09. The molecule has 0 spiro atoms. The van der Waals surface area contributed by atoms with Crippen molar-refractivity contribution in [2.75, 3.05) is 6.61 Å². The van der Waals surface area contributed by atoms with Gasteiger partial charge in [0.15, 0.2) is 5.41 Å². The van der Waals surface area contributed by atoms with Gasteiger partial charge in [0.05, 0.1) is 6.61 Å². The van der Waals surface area contributed by atoms with Crippen molar-refractivity contribution >= 4 is 11.9 Å². The van der Waals surface area contributed by atoms with Crippen molar-refractivity contribution in [3.8, 4) is 0 Å². The van der Waals surface area contributed by atoms with Gasteiger partial charge in [-0.25, -0.2) is 0 Å². The predicted octanol–water partition coefficient (Wildman–Crippen LogP) is 3.23. The van der Waals surface area contributed by atoms with Crippen LogP contribution in [0.5, 0.6) is 0 Å². The van der Waals surface area contributed by atoms with Crippen LogP contribution in [0.15, 0.2) is 24.3 Å². The number of esters is 1. The van der Waals surface area contributed by atoms with Crippen LogP contribution in [0.25, 0.3) is 0 Å². The van der Waals surface area contributed by atoms with Gasteiger partial charge in [0.2, 0.25) is 0 Å². The van der Waals surface area contributed by atoms with Crippen LogP contribution in [0.3, 0.4) is 0 Å². The fraction of sp³-hybridized carbons (Fsp3) is 0.529. The van der Waals surface area contributed by atoms with E-state index in [0.29, 0.717) is 6.42 Å². The first-order valence-electron chi connectivity index (χ1n) is 7.48. The fourth-order valence-electron chi connectivity index (χ4n) is 2.47. The molecule has 116 valence electrons. The lowest BCUT2D eigenvalue weighted by atomic mass is 9.77. The molecule has 4 heteroatoms. The first kappa shape index (κ1) is 17.2. The van der Waals surface area contributed by atoms with Gasteiger partial charge in [-0.05, 0) is 37.3 Å². The quantitative estimate of drug-likeness (QED) is 0.590. The summed E-state index contributed by atoms with van der Waals surface area (Å²) in [5.41, 5.74) is 0.542. The summed E-state index contributed by atoms with van der Waals surface area (Å²) in [6, 6.07) is 7.73. The molecule has 1 rings (SSSR count). The fourth-order valence-corrected chi connectivity index (χ4v) is 2.47. The Morgan fingerprint density at radius 2 is 1.67 bits per heavy atom. The van der Waals surface area contributed by atoms with Gasteiger partial charge in [0, 0.05) is 0 Å². The Hall–Kier alpha value is -1.84. The zero-order chi connectivity index (χ0) is 15.9. The minimum absolute atomic E-state index is 0.166. The van der Waals surface area contributed by atoms with Gasteiger partial charge in [-0.15, -0.1) is 0 Å². The molecule has 0 amide bonds. The van der Waals surface area contributed by atoms with Gasteiger partial charge in [0.25, 0.3) is 0 Å². The molecule has 0 saturated heterocycles. The smallest absolute Gasteiger partial charge is 0.323 e. The van der Waals surface area contributed by atoms with E-state index in [1.807, 2.05) is 31.2 Å². The van der Waals surface area contributed by atoms with E-state index in [1.165, 1.54) is 5.56 Å². The van der Waals surface area contributed by atoms with E-state index in [0.717, 1.165) is 12.0 Å². The largest absolute Gasteiger partial charge is 0.480 e. The molecule has 0 aliphatic rings. The number of aliphatic carboxylic acids is 1. The number of ether oxygens (including phenoxy) is 1. The Bertz CT molecular complexity index is 478. The Labute approximate surface area is 126 Å². The van der Waals surface area contributed by atoms with Crippen molar-refractivity contribution in [3.05, 3.63) is 35.4 Å². The van der Waals surface area contributed by atoms with Crippen molar-refractivity contribution in [1.82, 2.24) is 0 Å². The summed E-state index contributed by atoms with van der Waals surface area (Å²) in [6.45, 7) is 5.81. The zero-order valence-corrected chi connectivity index (χ0v) is 13.0. The summed E-state index contributed by atoms with van der Waals surface area (Å²) in [6.07, 6.45) is 1.98. The molecule has 0 fully saturated rings. The van der Waals surface area contributed by atoms with Crippen LogP contribution in [0.2, 0.25) is 0 Å². The Kier molecular flexibility index (Phi) is 6.40. The summed E-state index contributed by atoms with van der Waals surface area (Å²) in [4.78, 5) is 24.0. The first-order valence-corrected chi connectivity index (χ1v) is 7.48. The number of aryl methyl sites for hydroxylation is 1. The second kappa shape index (κ2) is 7.81. The van der Waals surface area contributed by atoms with Gasteiger partial charge >= 0.3 is 11.9 Å². The second-order valence-corrected chi connectivity index (χ2v) is 5.20. The monoisotopic (exact) mass is 292 g/mol. The summed E-state index contributed by atoms with van der Waals surface area (Å²) in [5.74, 6) is -1.75. The lowest BCUT2D eigenvalue weighted by molar-refractivity contribution is -0.169. The van der Waals surface area contributed by atoms with Crippen molar-refractivity contribution in [3.63, 3.8) is 0 Å². The lowest BCUT2D eigenvalue weighted by Gasteiger charge is -2.27. The number of carboxylic acid groups (broad SMARTS) is 1. The molecule has 1 aromatic rings. The number of carboxylic acids is 1. The molecule has 0 aromatic heterocycles. The summed E-state index contributed by atoms with van der Waals surface area (Å²) < 4.78 is 5.02. The Morgan fingerprint density at radius 1 is 1.10 bits per heavy atom. The molecule has 0 radical (unpaired) electrons. The third-order valence-corrected chi connectivity index (χ3v) is 3.69. The van der Waals surface area contributed by atoms with Gasteiger partial charge < -0.3 is 9.84 Å². The van der Waals surface area contributed by atoms with Gasteiger partial charge in [-0.2, -0.15) is 0 Å². The summed E-state index contributed by atoms with van der Waals surface area (Å²) in [7, 11) is 0. The van der Waals surface area contributed by atoms with Crippen LogP contribution in [-0.2, 0) is 27.2 Å². The average molecular weight is 292 g/mol. The molecule has 1 N–H and O–H groups in total. The van der Waals surface area contributed by atoms with E-state index >= 15 is 0 Å². The molecule has 0 heterocycles. The highest BCUT2D eigenvalue weighted by Crippen LogP contribution is 2.31. The molecule has 1 aromatic carbocycles. The molecular weight excluding hydrogens is 268 g/mol. The SMILES string of the molecule is CCCC(Cc1ccc(CC)cc1)(C(=O)O)C(=O)OCC. The molecule has 1 unspecified atom stereocenters. The zero-order valence-electron chi connectivity index (χ0n) is 13.0. The summed E-state index contributed by atoms with van der Waals surface area (Å²) in [5, 5.41) is 9.61. The molecule has 0 bridgehead atoms. The lowest BCUT2D eigenvalue weighted by Crippen LogP contribution is -2.42. The number of carbonyl (C=O) groups excluding carboxylic acids is 1. The maximum Gasteiger partial charge on any atom is 0.323 e. The normalized spacial score (nSPS) is 13.5. The number of hydrogen-bond acceptors (Lipinski definition) is 3. The molecule has 1 atom stereocenters. The predicted molar refractivity (Wildman–Crippen MR) is 81.1 cm³/mol. The van der Waals surface area contributed by atoms with Crippen LogP contribution in [0, 0.1) is 5.41 Å². The van der Waals surface area contributed by atoms with E-state index in [2.05, 4.69) is 6.92 Å². The number of rotatable bonds is 8. The summed E-state index contributed by atoms with van der Waals surface area (Å²) >= 11 is 0. The number of benzene rings is 1. The van der Waals surface area contributed by atoms with Crippen molar-refractivity contribution in [2.24, 2.45) is 5.41 Å². The van der Waals surface area contributed by atoms with E-state index in [4.69, 9.17) is 4.74 Å². The third kappa shape index (κ3) is 4.06. The van der Waals surface area contributed by atoms with E-state index in [1.54, 1.807) is 6.92 Å². The third-order valence-electron chi connectivity index (χ3n) is 3.69. The maximum absolute atomic E-state index is 12.2. The van der Waals surface area contributed by atoms with E-state index < -0.39 is 17.4 Å². The standard InChI is InChI=1S/C17H24O4/c1-4-11-17(15(18)19,16(20)21-6-3)12-14-9-7-13(5-2)8-10-14/h7-10H,4-6,11-12H2,1-3H3,(H,18,19). The molecule has 0 aliphatic carbocycles. The van der Waals surface area contributed by atoms with Crippen LogP contribution < -0.4 is 0 Å². The number of hydrogen-bond donors (Lipinski definition) is 1. The molecule has 21 heavy (non-hydrogen) atoms. The molecule has 0 saturated carbocycles. The van der Waals surface area contributed by atoms with Gasteiger partial charge in [-0.3, -0.25) is 9.59 Å². The van der Waals surface area contributed by atoms with Gasteiger partial charge in [-0.1, -0.05) is 44.5 Å². The minimum Gasteiger partial charge on any atom is -0.480 e. The highest BCUT2D eigenvalue weighted by atomic mass is 16.5. The first-order chi connectivity index (χ1) is 10.00.